The minimum atomic E-state index is -0.570. The van der Waals surface area contributed by atoms with Crippen LogP contribution < -0.4 is 0 Å². The Balaban J connectivity index is 2.14. The summed E-state index contributed by atoms with van der Waals surface area (Å²) in [5.74, 6) is -0.815. The van der Waals surface area contributed by atoms with Gasteiger partial charge < -0.3 is 4.74 Å². The predicted molar refractivity (Wildman–Crippen MR) is 65.1 cm³/mol. The van der Waals surface area contributed by atoms with Gasteiger partial charge in [-0.05, 0) is 25.3 Å². The van der Waals surface area contributed by atoms with E-state index in [1.54, 1.807) is 0 Å². The van der Waals surface area contributed by atoms with E-state index in [0.717, 1.165) is 17.7 Å². The monoisotopic (exact) mass is 250 g/mol. The maximum absolute atomic E-state index is 12.0. The van der Waals surface area contributed by atoms with Crippen LogP contribution in [0.15, 0.2) is 6.20 Å². The Morgan fingerprint density at radius 3 is 2.72 bits per heavy atom. The molecule has 5 heteroatoms. The van der Waals surface area contributed by atoms with Crippen LogP contribution in [-0.4, -0.2) is 28.6 Å². The van der Waals surface area contributed by atoms with Crippen LogP contribution in [0.4, 0.5) is 0 Å². The van der Waals surface area contributed by atoms with E-state index in [2.05, 4.69) is 9.84 Å². The number of aryl methyl sites for hydroxylation is 2. The van der Waals surface area contributed by atoms with Gasteiger partial charge in [0.15, 0.2) is 0 Å². The average molecular weight is 250 g/mol. The fourth-order valence-corrected chi connectivity index (χ4v) is 2.78. The van der Waals surface area contributed by atoms with Crippen molar-refractivity contribution >= 4 is 11.8 Å². The molecule has 1 heterocycles. The summed E-state index contributed by atoms with van der Waals surface area (Å²) in [6.07, 6.45) is 3.61. The van der Waals surface area contributed by atoms with E-state index in [1.165, 1.54) is 7.11 Å². The molecule has 0 aromatic carbocycles. The molecule has 1 aromatic heterocycles. The first-order chi connectivity index (χ1) is 8.54. The van der Waals surface area contributed by atoms with Gasteiger partial charge in [0.1, 0.15) is 11.7 Å². The summed E-state index contributed by atoms with van der Waals surface area (Å²) < 4.78 is 6.48. The fourth-order valence-electron chi connectivity index (χ4n) is 2.78. The van der Waals surface area contributed by atoms with Crippen LogP contribution in [0.5, 0.6) is 0 Å². The summed E-state index contributed by atoms with van der Waals surface area (Å²) in [5.41, 5.74) is 2.21. The SMILES string of the molecule is COC(=O)C1CCC(c2c(C)cnn2C)CC1=O. The van der Waals surface area contributed by atoms with E-state index in [4.69, 9.17) is 0 Å². The molecule has 1 fully saturated rings. The molecule has 0 radical (unpaired) electrons. The van der Waals surface area contributed by atoms with Gasteiger partial charge in [0.2, 0.25) is 0 Å². The maximum Gasteiger partial charge on any atom is 0.316 e. The van der Waals surface area contributed by atoms with Crippen molar-refractivity contribution in [2.24, 2.45) is 13.0 Å². The van der Waals surface area contributed by atoms with E-state index in [9.17, 15) is 9.59 Å². The van der Waals surface area contributed by atoms with Crippen molar-refractivity contribution in [3.63, 3.8) is 0 Å². The van der Waals surface area contributed by atoms with E-state index < -0.39 is 11.9 Å². The molecule has 1 aromatic rings. The largest absolute Gasteiger partial charge is 0.468 e. The van der Waals surface area contributed by atoms with Crippen molar-refractivity contribution in [1.82, 2.24) is 9.78 Å². The molecule has 98 valence electrons. The molecule has 2 rings (SSSR count). The first-order valence-corrected chi connectivity index (χ1v) is 6.13. The molecule has 0 spiro atoms. The van der Waals surface area contributed by atoms with Gasteiger partial charge in [-0.1, -0.05) is 0 Å². The van der Waals surface area contributed by atoms with Crippen LogP contribution in [0.2, 0.25) is 0 Å². The lowest BCUT2D eigenvalue weighted by Gasteiger charge is -2.26. The second-order valence-electron chi connectivity index (χ2n) is 4.86. The Bertz CT molecular complexity index is 459. The van der Waals surface area contributed by atoms with Crippen molar-refractivity contribution < 1.29 is 14.3 Å². The number of hydrogen-bond donors (Lipinski definition) is 0. The molecule has 18 heavy (non-hydrogen) atoms. The van der Waals surface area contributed by atoms with Crippen molar-refractivity contribution in [1.29, 1.82) is 0 Å². The number of nitrogens with zero attached hydrogens (tertiary/aromatic N) is 2. The van der Waals surface area contributed by atoms with Crippen molar-refractivity contribution in [3.8, 4) is 0 Å². The third kappa shape index (κ3) is 2.17. The molecular weight excluding hydrogens is 232 g/mol. The molecule has 1 saturated carbocycles. The Kier molecular flexibility index (Phi) is 3.50. The zero-order chi connectivity index (χ0) is 13.3. The zero-order valence-electron chi connectivity index (χ0n) is 11.0. The third-order valence-electron chi connectivity index (χ3n) is 3.69. The smallest absolute Gasteiger partial charge is 0.316 e. The van der Waals surface area contributed by atoms with Gasteiger partial charge >= 0.3 is 5.97 Å². The van der Waals surface area contributed by atoms with E-state index in [1.807, 2.05) is 24.9 Å². The summed E-state index contributed by atoms with van der Waals surface area (Å²) >= 11 is 0. The van der Waals surface area contributed by atoms with E-state index in [0.29, 0.717) is 12.8 Å². The summed E-state index contributed by atoms with van der Waals surface area (Å²) in [7, 11) is 3.21. The highest BCUT2D eigenvalue weighted by molar-refractivity contribution is 5.99. The number of aromatic nitrogens is 2. The standard InChI is InChI=1S/C13H18N2O3/c1-8-7-14-15(2)12(8)9-4-5-10(11(16)6-9)13(17)18-3/h7,9-10H,4-6H2,1-3H3. The molecule has 1 aliphatic carbocycles. The zero-order valence-corrected chi connectivity index (χ0v) is 11.0. The number of rotatable bonds is 2. The van der Waals surface area contributed by atoms with Crippen molar-refractivity contribution in [2.45, 2.75) is 32.1 Å². The number of esters is 1. The third-order valence-corrected chi connectivity index (χ3v) is 3.69. The van der Waals surface area contributed by atoms with Crippen molar-refractivity contribution in [3.05, 3.63) is 17.5 Å². The Morgan fingerprint density at radius 2 is 2.22 bits per heavy atom. The van der Waals surface area contributed by atoms with Gasteiger partial charge in [-0.25, -0.2) is 0 Å². The number of ketones is 1. The highest BCUT2D eigenvalue weighted by Crippen LogP contribution is 2.35. The van der Waals surface area contributed by atoms with Crippen LogP contribution in [-0.2, 0) is 21.4 Å². The van der Waals surface area contributed by atoms with Gasteiger partial charge in [-0.3, -0.25) is 14.3 Å². The number of carbonyl (C=O) groups excluding carboxylic acids is 2. The number of methoxy groups -OCH3 is 1. The van der Waals surface area contributed by atoms with Gasteiger partial charge in [-0.15, -0.1) is 0 Å². The molecule has 0 amide bonds. The van der Waals surface area contributed by atoms with Gasteiger partial charge in [0, 0.05) is 25.1 Å². The lowest BCUT2D eigenvalue weighted by molar-refractivity contribution is -0.150. The fraction of sp³-hybridized carbons (Fsp3) is 0.615. The summed E-state index contributed by atoms with van der Waals surface area (Å²) in [6, 6.07) is 0. The predicted octanol–water partition coefficient (Wildman–Crippen LogP) is 1.35. The molecular formula is C13H18N2O3. The highest BCUT2D eigenvalue weighted by atomic mass is 16.5. The number of carbonyl (C=O) groups is 2. The Labute approximate surface area is 106 Å². The summed E-state index contributed by atoms with van der Waals surface area (Å²) in [5, 5.41) is 4.20. The molecule has 0 saturated heterocycles. The van der Waals surface area contributed by atoms with Crippen LogP contribution in [0.25, 0.3) is 0 Å². The van der Waals surface area contributed by atoms with Crippen molar-refractivity contribution in [2.75, 3.05) is 7.11 Å². The Hall–Kier alpha value is -1.65. The van der Waals surface area contributed by atoms with Crippen LogP contribution in [0.3, 0.4) is 0 Å². The Morgan fingerprint density at radius 1 is 1.50 bits per heavy atom. The first kappa shape index (κ1) is 12.8. The lowest BCUT2D eigenvalue weighted by atomic mass is 9.79. The van der Waals surface area contributed by atoms with E-state index >= 15 is 0 Å². The van der Waals surface area contributed by atoms with Gasteiger partial charge in [-0.2, -0.15) is 5.10 Å². The van der Waals surface area contributed by atoms with E-state index in [-0.39, 0.29) is 11.7 Å². The molecule has 2 atom stereocenters. The molecule has 0 aliphatic heterocycles. The lowest BCUT2D eigenvalue weighted by Crippen LogP contribution is -2.31. The van der Waals surface area contributed by atoms with Gasteiger partial charge in [0.05, 0.1) is 13.3 Å². The van der Waals surface area contributed by atoms with Crippen LogP contribution >= 0.6 is 0 Å². The quantitative estimate of drug-likeness (QED) is 0.587. The second kappa shape index (κ2) is 4.92. The van der Waals surface area contributed by atoms with Crippen LogP contribution in [0, 0.1) is 12.8 Å². The molecule has 0 N–H and O–H groups in total. The molecule has 5 nitrogen and oxygen atoms in total. The summed E-state index contributed by atoms with van der Waals surface area (Å²) in [4.78, 5) is 23.4. The average Bonchev–Trinajstić information content (AvgIpc) is 2.68. The molecule has 1 aliphatic rings. The maximum atomic E-state index is 12.0. The van der Waals surface area contributed by atoms with Gasteiger partial charge in [0.25, 0.3) is 0 Å². The molecule has 2 unspecified atom stereocenters. The second-order valence-corrected chi connectivity index (χ2v) is 4.86. The topological polar surface area (TPSA) is 61.2 Å². The normalized spacial score (nSPS) is 24.1. The summed E-state index contributed by atoms with van der Waals surface area (Å²) in [6.45, 7) is 2.00. The number of ether oxygens (including phenoxy) is 1. The number of hydrogen-bond acceptors (Lipinski definition) is 4. The van der Waals surface area contributed by atoms with Crippen LogP contribution in [0.1, 0.15) is 36.4 Å². The number of Topliss-reactive ketones (excluding diaryl/α,β-unsaturated/α-hetero) is 1. The minimum Gasteiger partial charge on any atom is -0.468 e. The molecule has 0 bridgehead atoms. The first-order valence-electron chi connectivity index (χ1n) is 6.13. The highest BCUT2D eigenvalue weighted by Gasteiger charge is 2.36. The minimum absolute atomic E-state index is 0.0151.